The van der Waals surface area contributed by atoms with Gasteiger partial charge in [0.05, 0.1) is 12.0 Å². The Bertz CT molecular complexity index is 442. The van der Waals surface area contributed by atoms with E-state index < -0.39 is 42.4 Å². The van der Waals surface area contributed by atoms with Crippen molar-refractivity contribution in [2.45, 2.75) is 76.5 Å². The highest BCUT2D eigenvalue weighted by Gasteiger charge is 2.44. The smallest absolute Gasteiger partial charge is 0.315 e. The number of hydrogen-bond donors (Lipinski definition) is 0. The van der Waals surface area contributed by atoms with E-state index in [1.165, 1.54) is 0 Å². The maximum atomic E-state index is 14.2. The molecule has 2 saturated carbocycles. The molecule has 2 rings (SSSR count). The summed E-state index contributed by atoms with van der Waals surface area (Å²) in [6.07, 6.45) is -2.54. The first-order chi connectivity index (χ1) is 11.0. The quantitative estimate of drug-likeness (QED) is 0.730. The molecule has 3 nitrogen and oxygen atoms in total. The molecule has 23 heavy (non-hydrogen) atoms. The van der Waals surface area contributed by atoms with Gasteiger partial charge in [0.2, 0.25) is 0 Å². The van der Waals surface area contributed by atoms with Crippen molar-refractivity contribution in [1.82, 2.24) is 0 Å². The second-order valence-corrected chi connectivity index (χ2v) is 6.81. The highest BCUT2D eigenvalue weighted by Crippen LogP contribution is 2.37. The third-order valence-electron chi connectivity index (χ3n) is 5.04. The summed E-state index contributed by atoms with van der Waals surface area (Å²) in [4.78, 5) is 12.1. The molecule has 5 unspecified atom stereocenters. The van der Waals surface area contributed by atoms with Crippen LogP contribution in [0.5, 0.6) is 0 Å². The molecule has 0 N–H and O–H groups in total. The molecule has 0 radical (unpaired) electrons. The molecular weight excluding hydrogens is 307 g/mol. The Labute approximate surface area is 135 Å². The first kappa shape index (κ1) is 18.1. The van der Waals surface area contributed by atoms with Crippen molar-refractivity contribution in [3.63, 3.8) is 0 Å². The van der Waals surface area contributed by atoms with Gasteiger partial charge >= 0.3 is 5.97 Å². The van der Waals surface area contributed by atoms with Gasteiger partial charge in [-0.25, -0.2) is 13.2 Å². The second kappa shape index (κ2) is 8.03. The van der Waals surface area contributed by atoms with E-state index in [-0.39, 0.29) is 25.2 Å². The van der Waals surface area contributed by atoms with Crippen LogP contribution in [0.15, 0.2) is 0 Å². The van der Waals surface area contributed by atoms with Crippen LogP contribution in [0.1, 0.15) is 51.9 Å². The number of halogens is 3. The summed E-state index contributed by atoms with van der Waals surface area (Å²) in [7, 11) is 0. The summed E-state index contributed by atoms with van der Waals surface area (Å²) >= 11 is 0. The Balaban J connectivity index is 1.89. The minimum Gasteiger partial charge on any atom is -0.462 e. The summed E-state index contributed by atoms with van der Waals surface area (Å²) in [5.41, 5.74) is 0. The number of carbonyl (C=O) groups excluding carboxylic acids is 1. The van der Waals surface area contributed by atoms with E-state index in [0.29, 0.717) is 12.8 Å². The van der Waals surface area contributed by atoms with E-state index in [1.807, 2.05) is 13.0 Å². The lowest BCUT2D eigenvalue weighted by Crippen LogP contribution is -2.43. The Hall–Kier alpha value is -1.25. The van der Waals surface area contributed by atoms with Gasteiger partial charge in [-0.1, -0.05) is 19.8 Å². The molecule has 0 heterocycles. The number of nitriles is 1. The van der Waals surface area contributed by atoms with Gasteiger partial charge in [-0.2, -0.15) is 5.26 Å². The SMILES string of the molecule is CCCC1CC(F)C(C(=O)OC2CCC(C#N)C(F)C2)C(F)C1. The number of esters is 1. The standard InChI is InChI=1S/C17H24F3NO2/c1-2-3-10-6-14(19)16(15(20)7-10)17(22)23-12-5-4-11(9-21)13(18)8-12/h10-16H,2-8H2,1H3. The van der Waals surface area contributed by atoms with E-state index in [2.05, 4.69) is 0 Å². The normalized spacial score (nSPS) is 41.1. The van der Waals surface area contributed by atoms with Gasteiger partial charge in [-0.3, -0.25) is 4.79 Å². The lowest BCUT2D eigenvalue weighted by molar-refractivity contribution is -0.165. The molecule has 130 valence electrons. The van der Waals surface area contributed by atoms with Gasteiger partial charge < -0.3 is 4.74 Å². The van der Waals surface area contributed by atoms with Gasteiger partial charge in [-0.15, -0.1) is 0 Å². The highest BCUT2D eigenvalue weighted by atomic mass is 19.1. The number of carbonyl (C=O) groups is 1. The molecule has 2 fully saturated rings. The average Bonchev–Trinajstić information content (AvgIpc) is 2.47. The number of hydrogen-bond acceptors (Lipinski definition) is 3. The maximum Gasteiger partial charge on any atom is 0.315 e. The van der Waals surface area contributed by atoms with Crippen molar-refractivity contribution in [2.24, 2.45) is 17.8 Å². The van der Waals surface area contributed by atoms with Crippen LogP contribution in [0.25, 0.3) is 0 Å². The molecular formula is C17H24F3NO2. The molecule has 0 bridgehead atoms. The molecule has 0 aromatic carbocycles. The summed E-state index contributed by atoms with van der Waals surface area (Å²) in [5.74, 6) is -3.00. The molecule has 0 saturated heterocycles. The highest BCUT2D eigenvalue weighted by molar-refractivity contribution is 5.74. The lowest BCUT2D eigenvalue weighted by Gasteiger charge is -2.35. The van der Waals surface area contributed by atoms with Gasteiger partial charge in [0.1, 0.15) is 30.5 Å². The van der Waals surface area contributed by atoms with E-state index in [9.17, 15) is 18.0 Å². The van der Waals surface area contributed by atoms with Gasteiger partial charge in [-0.05, 0) is 31.6 Å². The summed E-state index contributed by atoms with van der Waals surface area (Å²) in [5, 5.41) is 8.77. The maximum absolute atomic E-state index is 14.2. The minimum absolute atomic E-state index is 0.0321. The average molecular weight is 331 g/mol. The third-order valence-corrected chi connectivity index (χ3v) is 5.04. The fraction of sp³-hybridized carbons (Fsp3) is 0.882. The Morgan fingerprint density at radius 2 is 1.78 bits per heavy atom. The minimum atomic E-state index is -1.54. The number of nitrogens with zero attached hydrogens (tertiary/aromatic N) is 1. The molecule has 0 amide bonds. The Kier molecular flexibility index (Phi) is 6.32. The number of alkyl halides is 3. The molecule has 0 aromatic heterocycles. The van der Waals surface area contributed by atoms with E-state index in [4.69, 9.17) is 10.00 Å². The third kappa shape index (κ3) is 4.39. The van der Waals surface area contributed by atoms with Crippen molar-refractivity contribution >= 4 is 5.97 Å². The van der Waals surface area contributed by atoms with Crippen molar-refractivity contribution in [2.75, 3.05) is 0 Å². The van der Waals surface area contributed by atoms with Crippen LogP contribution in [0.3, 0.4) is 0 Å². The van der Waals surface area contributed by atoms with Gasteiger partial charge in [0.25, 0.3) is 0 Å². The molecule has 2 aliphatic rings. The van der Waals surface area contributed by atoms with Gasteiger partial charge in [0, 0.05) is 6.42 Å². The molecule has 0 aromatic rings. The largest absolute Gasteiger partial charge is 0.462 e. The molecule has 0 spiro atoms. The lowest BCUT2D eigenvalue weighted by atomic mass is 9.77. The second-order valence-electron chi connectivity index (χ2n) is 6.81. The zero-order valence-electron chi connectivity index (χ0n) is 13.4. The van der Waals surface area contributed by atoms with Crippen LogP contribution >= 0.6 is 0 Å². The molecule has 0 aliphatic heterocycles. The molecule has 5 atom stereocenters. The zero-order valence-corrected chi connectivity index (χ0v) is 13.4. The first-order valence-corrected chi connectivity index (χ1v) is 8.48. The van der Waals surface area contributed by atoms with Crippen molar-refractivity contribution in [3.05, 3.63) is 0 Å². The number of rotatable bonds is 4. The van der Waals surface area contributed by atoms with E-state index in [1.54, 1.807) is 0 Å². The van der Waals surface area contributed by atoms with Crippen LogP contribution in [-0.4, -0.2) is 30.6 Å². The fourth-order valence-electron chi connectivity index (χ4n) is 3.77. The predicted molar refractivity (Wildman–Crippen MR) is 78.6 cm³/mol. The van der Waals surface area contributed by atoms with E-state index >= 15 is 0 Å². The fourth-order valence-corrected chi connectivity index (χ4v) is 3.77. The summed E-state index contributed by atoms with van der Waals surface area (Å²) in [6.45, 7) is 1.96. The number of ether oxygens (including phenoxy) is 1. The summed E-state index contributed by atoms with van der Waals surface area (Å²) < 4.78 is 47.3. The van der Waals surface area contributed by atoms with Crippen LogP contribution in [0.4, 0.5) is 13.2 Å². The van der Waals surface area contributed by atoms with Crippen molar-refractivity contribution in [3.8, 4) is 6.07 Å². The van der Waals surface area contributed by atoms with Crippen molar-refractivity contribution < 1.29 is 22.7 Å². The summed E-state index contributed by atoms with van der Waals surface area (Å²) in [6, 6.07) is 1.89. The van der Waals surface area contributed by atoms with Crippen LogP contribution < -0.4 is 0 Å². The predicted octanol–water partition coefficient (Wildman–Crippen LogP) is 4.06. The van der Waals surface area contributed by atoms with E-state index in [0.717, 1.165) is 12.8 Å². The van der Waals surface area contributed by atoms with Gasteiger partial charge in [0.15, 0.2) is 0 Å². The van der Waals surface area contributed by atoms with Crippen LogP contribution in [0, 0.1) is 29.1 Å². The zero-order chi connectivity index (χ0) is 17.0. The van der Waals surface area contributed by atoms with Crippen LogP contribution in [0.2, 0.25) is 0 Å². The topological polar surface area (TPSA) is 50.1 Å². The molecule has 6 heteroatoms. The Morgan fingerprint density at radius 3 is 2.30 bits per heavy atom. The Morgan fingerprint density at radius 1 is 1.13 bits per heavy atom. The molecule has 2 aliphatic carbocycles. The monoisotopic (exact) mass is 331 g/mol. The van der Waals surface area contributed by atoms with Crippen molar-refractivity contribution in [1.29, 1.82) is 5.26 Å². The van der Waals surface area contributed by atoms with Crippen LogP contribution in [-0.2, 0) is 9.53 Å². The first-order valence-electron chi connectivity index (χ1n) is 8.48.